The maximum Gasteiger partial charge on any atom is 0.0922 e. The SMILES string of the molecule is Cc1nc(C(C)NCc2cnc[nH]2)c(C)s1. The number of aromatic nitrogens is 3. The predicted octanol–water partition coefficient (Wildman–Crippen LogP) is 2.33. The molecular weight excluding hydrogens is 220 g/mol. The molecule has 0 radical (unpaired) electrons. The van der Waals surface area contributed by atoms with Crippen LogP contribution in [0.4, 0.5) is 0 Å². The van der Waals surface area contributed by atoms with Crippen LogP contribution in [0, 0.1) is 13.8 Å². The van der Waals surface area contributed by atoms with E-state index in [1.54, 1.807) is 17.7 Å². The van der Waals surface area contributed by atoms with Gasteiger partial charge in [0.15, 0.2) is 0 Å². The van der Waals surface area contributed by atoms with Crippen LogP contribution < -0.4 is 5.32 Å². The molecule has 0 aliphatic heterocycles. The van der Waals surface area contributed by atoms with Crippen LogP contribution in [0.3, 0.4) is 0 Å². The van der Waals surface area contributed by atoms with Crippen molar-refractivity contribution < 1.29 is 0 Å². The number of aromatic amines is 1. The topological polar surface area (TPSA) is 53.6 Å². The van der Waals surface area contributed by atoms with E-state index in [4.69, 9.17) is 0 Å². The Morgan fingerprint density at radius 3 is 2.88 bits per heavy atom. The number of imidazole rings is 1. The van der Waals surface area contributed by atoms with Crippen LogP contribution in [0.15, 0.2) is 12.5 Å². The van der Waals surface area contributed by atoms with E-state index in [2.05, 4.69) is 34.1 Å². The Hall–Kier alpha value is -1.20. The number of nitrogens with zero attached hydrogens (tertiary/aromatic N) is 2. The molecule has 4 nitrogen and oxygen atoms in total. The summed E-state index contributed by atoms with van der Waals surface area (Å²) in [4.78, 5) is 12.9. The van der Waals surface area contributed by atoms with Gasteiger partial charge in [-0.3, -0.25) is 0 Å². The number of thiazole rings is 1. The zero-order valence-electron chi connectivity index (χ0n) is 9.74. The molecular formula is C11H16N4S. The fraction of sp³-hybridized carbons (Fsp3) is 0.455. The van der Waals surface area contributed by atoms with Crippen molar-refractivity contribution in [2.24, 2.45) is 0 Å². The minimum Gasteiger partial charge on any atom is -0.347 e. The van der Waals surface area contributed by atoms with Crippen LogP contribution in [0.5, 0.6) is 0 Å². The third-order valence-corrected chi connectivity index (χ3v) is 3.41. The highest BCUT2D eigenvalue weighted by molar-refractivity contribution is 7.11. The maximum absolute atomic E-state index is 4.54. The molecule has 0 bridgehead atoms. The van der Waals surface area contributed by atoms with Crippen LogP contribution in [0.25, 0.3) is 0 Å². The van der Waals surface area contributed by atoms with Crippen molar-refractivity contribution in [1.82, 2.24) is 20.3 Å². The van der Waals surface area contributed by atoms with Gasteiger partial charge in [-0.05, 0) is 20.8 Å². The molecule has 1 unspecified atom stereocenters. The first-order chi connectivity index (χ1) is 7.66. The minimum atomic E-state index is 0.272. The molecule has 0 spiro atoms. The lowest BCUT2D eigenvalue weighted by Crippen LogP contribution is -2.19. The lowest BCUT2D eigenvalue weighted by molar-refractivity contribution is 0.556. The molecule has 86 valence electrons. The lowest BCUT2D eigenvalue weighted by atomic mass is 10.2. The monoisotopic (exact) mass is 236 g/mol. The second-order valence-electron chi connectivity index (χ2n) is 3.85. The van der Waals surface area contributed by atoms with Crippen LogP contribution in [0.2, 0.25) is 0 Å². The second-order valence-corrected chi connectivity index (χ2v) is 5.26. The highest BCUT2D eigenvalue weighted by atomic mass is 32.1. The van der Waals surface area contributed by atoms with Crippen molar-refractivity contribution in [2.75, 3.05) is 0 Å². The molecule has 2 heterocycles. The van der Waals surface area contributed by atoms with Gasteiger partial charge in [-0.15, -0.1) is 11.3 Å². The Kier molecular flexibility index (Phi) is 3.36. The number of aryl methyl sites for hydroxylation is 2. The van der Waals surface area contributed by atoms with Crippen molar-refractivity contribution in [1.29, 1.82) is 0 Å². The number of H-pyrrole nitrogens is 1. The normalized spacial score (nSPS) is 12.9. The van der Waals surface area contributed by atoms with E-state index >= 15 is 0 Å². The summed E-state index contributed by atoms with van der Waals surface area (Å²) in [5, 5.41) is 4.56. The molecule has 0 aliphatic carbocycles. The number of rotatable bonds is 4. The molecule has 0 fully saturated rings. The minimum absolute atomic E-state index is 0.272. The van der Waals surface area contributed by atoms with E-state index in [9.17, 15) is 0 Å². The third kappa shape index (κ3) is 2.48. The molecule has 0 amide bonds. The van der Waals surface area contributed by atoms with E-state index in [-0.39, 0.29) is 6.04 Å². The molecule has 2 rings (SSSR count). The molecule has 0 saturated heterocycles. The summed E-state index contributed by atoms with van der Waals surface area (Å²) in [6.07, 6.45) is 3.53. The smallest absolute Gasteiger partial charge is 0.0922 e. The summed E-state index contributed by atoms with van der Waals surface area (Å²) in [6, 6.07) is 0.272. The van der Waals surface area contributed by atoms with Crippen molar-refractivity contribution in [3.05, 3.63) is 33.8 Å². The van der Waals surface area contributed by atoms with Crippen molar-refractivity contribution >= 4 is 11.3 Å². The van der Waals surface area contributed by atoms with Crippen molar-refractivity contribution in [3.8, 4) is 0 Å². The van der Waals surface area contributed by atoms with Gasteiger partial charge in [0.05, 0.1) is 17.0 Å². The van der Waals surface area contributed by atoms with Gasteiger partial charge in [-0.1, -0.05) is 0 Å². The van der Waals surface area contributed by atoms with Gasteiger partial charge in [-0.25, -0.2) is 9.97 Å². The molecule has 5 heteroatoms. The summed E-state index contributed by atoms with van der Waals surface area (Å²) >= 11 is 1.75. The second kappa shape index (κ2) is 4.76. The zero-order chi connectivity index (χ0) is 11.5. The number of hydrogen-bond acceptors (Lipinski definition) is 4. The summed E-state index contributed by atoms with van der Waals surface area (Å²) in [5.74, 6) is 0. The molecule has 0 aliphatic rings. The Balaban J connectivity index is 1.98. The first-order valence-electron chi connectivity index (χ1n) is 5.31. The van der Waals surface area contributed by atoms with Gasteiger partial charge in [-0.2, -0.15) is 0 Å². The Morgan fingerprint density at radius 2 is 2.31 bits per heavy atom. The summed E-state index contributed by atoms with van der Waals surface area (Å²) < 4.78 is 0. The van der Waals surface area contributed by atoms with E-state index < -0.39 is 0 Å². The highest BCUT2D eigenvalue weighted by Gasteiger charge is 2.12. The lowest BCUT2D eigenvalue weighted by Gasteiger charge is -2.11. The van der Waals surface area contributed by atoms with Gasteiger partial charge in [0, 0.05) is 29.4 Å². The molecule has 2 aromatic heterocycles. The third-order valence-electron chi connectivity index (χ3n) is 2.50. The van der Waals surface area contributed by atoms with Gasteiger partial charge in [0.25, 0.3) is 0 Å². The molecule has 16 heavy (non-hydrogen) atoms. The summed E-state index contributed by atoms with van der Waals surface area (Å²) in [7, 11) is 0. The summed E-state index contributed by atoms with van der Waals surface area (Å²) in [5.41, 5.74) is 2.25. The first kappa shape index (κ1) is 11.3. The quantitative estimate of drug-likeness (QED) is 0.856. The molecule has 2 N–H and O–H groups in total. The van der Waals surface area contributed by atoms with Crippen LogP contribution in [-0.2, 0) is 6.54 Å². The van der Waals surface area contributed by atoms with Gasteiger partial charge < -0.3 is 10.3 Å². The number of nitrogens with one attached hydrogen (secondary N) is 2. The van der Waals surface area contributed by atoms with Gasteiger partial charge in [0.1, 0.15) is 0 Å². The van der Waals surface area contributed by atoms with E-state index in [0.29, 0.717) is 0 Å². The van der Waals surface area contributed by atoms with E-state index in [0.717, 1.165) is 22.9 Å². The highest BCUT2D eigenvalue weighted by Crippen LogP contribution is 2.22. The van der Waals surface area contributed by atoms with Gasteiger partial charge >= 0.3 is 0 Å². The fourth-order valence-electron chi connectivity index (χ4n) is 1.69. The Morgan fingerprint density at radius 1 is 1.50 bits per heavy atom. The zero-order valence-corrected chi connectivity index (χ0v) is 10.6. The van der Waals surface area contributed by atoms with E-state index in [1.165, 1.54) is 4.88 Å². The van der Waals surface area contributed by atoms with Crippen LogP contribution in [-0.4, -0.2) is 15.0 Å². The molecule has 1 atom stereocenters. The molecule has 0 aromatic carbocycles. The maximum atomic E-state index is 4.54. The average Bonchev–Trinajstić information content (AvgIpc) is 2.84. The molecule has 0 saturated carbocycles. The number of hydrogen-bond donors (Lipinski definition) is 2. The standard InChI is InChI=1S/C11H16N4S/c1-7(11-8(2)16-9(3)15-11)13-5-10-4-12-6-14-10/h4,6-7,13H,5H2,1-3H3,(H,12,14). The van der Waals surface area contributed by atoms with Crippen molar-refractivity contribution in [3.63, 3.8) is 0 Å². The summed E-state index contributed by atoms with van der Waals surface area (Å²) in [6.45, 7) is 7.09. The predicted molar refractivity (Wildman–Crippen MR) is 65.4 cm³/mol. The Bertz CT molecular complexity index is 447. The molecule has 2 aromatic rings. The van der Waals surface area contributed by atoms with Crippen LogP contribution >= 0.6 is 11.3 Å². The average molecular weight is 236 g/mol. The Labute approximate surface area is 99.2 Å². The van der Waals surface area contributed by atoms with Gasteiger partial charge in [0.2, 0.25) is 0 Å². The van der Waals surface area contributed by atoms with Crippen molar-refractivity contribution in [2.45, 2.75) is 33.4 Å². The fourth-order valence-corrected chi connectivity index (χ4v) is 2.60. The largest absolute Gasteiger partial charge is 0.347 e. The van der Waals surface area contributed by atoms with E-state index in [1.807, 2.05) is 13.1 Å². The first-order valence-corrected chi connectivity index (χ1v) is 6.13. The van der Waals surface area contributed by atoms with Crippen LogP contribution in [0.1, 0.15) is 34.2 Å².